The zero-order chi connectivity index (χ0) is 30.3. The van der Waals surface area contributed by atoms with Gasteiger partial charge in [-0.2, -0.15) is 13.2 Å². The summed E-state index contributed by atoms with van der Waals surface area (Å²) in [5.74, 6) is -3.50. The second kappa shape index (κ2) is 13.7. The molecule has 2 fully saturated rings. The van der Waals surface area contributed by atoms with Crippen molar-refractivity contribution in [2.24, 2.45) is 0 Å². The molecule has 1 amide bonds. The van der Waals surface area contributed by atoms with Gasteiger partial charge in [0.15, 0.2) is 6.61 Å². The first-order valence-electron chi connectivity index (χ1n) is 12.5. The zero-order valence-electron chi connectivity index (χ0n) is 21.6. The van der Waals surface area contributed by atoms with E-state index in [4.69, 9.17) is 31.3 Å². The number of alkyl halides is 3. The highest BCUT2D eigenvalue weighted by atomic mass is 35.5. The molecule has 4 rings (SSSR count). The molecular formula is C26H29ClF3N3O8. The Balaban J connectivity index is 0.000000587. The monoisotopic (exact) mass is 603 g/mol. The van der Waals surface area contributed by atoms with Gasteiger partial charge in [-0.1, -0.05) is 11.6 Å². The number of anilines is 1. The van der Waals surface area contributed by atoms with E-state index >= 15 is 0 Å². The number of benzene rings is 2. The Morgan fingerprint density at radius 1 is 1.02 bits per heavy atom. The minimum absolute atomic E-state index is 0.0139. The molecule has 2 heterocycles. The predicted molar refractivity (Wildman–Crippen MR) is 140 cm³/mol. The highest BCUT2D eigenvalue weighted by Gasteiger charge is 2.38. The van der Waals surface area contributed by atoms with Gasteiger partial charge in [-0.25, -0.2) is 9.59 Å². The van der Waals surface area contributed by atoms with Crippen molar-refractivity contribution in [1.29, 1.82) is 0 Å². The smallest absolute Gasteiger partial charge is 0.490 e. The van der Waals surface area contributed by atoms with E-state index in [0.717, 1.165) is 12.8 Å². The molecule has 2 aliphatic heterocycles. The molecule has 0 unspecified atom stereocenters. The number of phenolic OH excluding ortho intramolecular Hbond substituents is 1. The Hall–Kier alpha value is -3.75. The number of nitrogens with one attached hydrogen (secondary N) is 1. The lowest BCUT2D eigenvalue weighted by molar-refractivity contribution is -0.192. The Kier molecular flexibility index (Phi) is 10.7. The number of aliphatic carboxylic acids is 2. The van der Waals surface area contributed by atoms with Crippen LogP contribution in [0.4, 0.5) is 18.9 Å². The number of amides is 1. The summed E-state index contributed by atoms with van der Waals surface area (Å²) in [4.78, 5) is 36.2. The third kappa shape index (κ3) is 9.13. The molecule has 0 bridgehead atoms. The average molecular weight is 604 g/mol. The van der Waals surface area contributed by atoms with Crippen LogP contribution in [-0.4, -0.2) is 100 Å². The van der Waals surface area contributed by atoms with Gasteiger partial charge in [0.2, 0.25) is 0 Å². The van der Waals surface area contributed by atoms with Crippen LogP contribution in [0.5, 0.6) is 11.5 Å². The van der Waals surface area contributed by atoms with Crippen LogP contribution >= 0.6 is 11.6 Å². The van der Waals surface area contributed by atoms with Crippen LogP contribution in [-0.2, 0) is 9.59 Å². The minimum atomic E-state index is -5.08. The third-order valence-electron chi connectivity index (χ3n) is 6.49. The molecule has 15 heteroatoms. The van der Waals surface area contributed by atoms with E-state index < -0.39 is 30.8 Å². The van der Waals surface area contributed by atoms with Crippen molar-refractivity contribution in [2.45, 2.75) is 37.2 Å². The number of aliphatic hydroxyl groups excluding tert-OH is 1. The fourth-order valence-corrected chi connectivity index (χ4v) is 4.61. The van der Waals surface area contributed by atoms with Gasteiger partial charge in [-0.05, 0) is 49.2 Å². The van der Waals surface area contributed by atoms with Gasteiger partial charge in [-0.15, -0.1) is 0 Å². The lowest BCUT2D eigenvalue weighted by Gasteiger charge is -2.34. The SMILES string of the molecule is O=C(O)C(F)(F)F.O=C(O)COc1ccc(O)cc1N1C[C@H](NC2CCN(C(=O)c3ccc(Cl)cc3)CC2)[C@@H](O)C1. The van der Waals surface area contributed by atoms with Crippen molar-refractivity contribution >= 4 is 35.1 Å². The molecule has 2 aromatic rings. The van der Waals surface area contributed by atoms with E-state index in [0.29, 0.717) is 48.2 Å². The van der Waals surface area contributed by atoms with Crippen LogP contribution in [0.15, 0.2) is 42.5 Å². The van der Waals surface area contributed by atoms with Gasteiger partial charge in [-0.3, -0.25) is 4.79 Å². The lowest BCUT2D eigenvalue weighted by Crippen LogP contribution is -2.50. The summed E-state index contributed by atoms with van der Waals surface area (Å²) in [7, 11) is 0. The number of aliphatic hydroxyl groups is 1. The number of rotatable bonds is 7. The summed E-state index contributed by atoms with van der Waals surface area (Å²) >= 11 is 5.91. The van der Waals surface area contributed by atoms with Gasteiger partial charge >= 0.3 is 18.1 Å². The largest absolute Gasteiger partial charge is 0.508 e. The van der Waals surface area contributed by atoms with Crippen molar-refractivity contribution in [3.05, 3.63) is 53.1 Å². The molecule has 5 N–H and O–H groups in total. The number of carboxylic acids is 2. The molecule has 0 radical (unpaired) electrons. The van der Waals surface area contributed by atoms with Gasteiger partial charge in [0.05, 0.1) is 17.8 Å². The molecule has 0 spiro atoms. The summed E-state index contributed by atoms with van der Waals surface area (Å²) in [5, 5.41) is 40.7. The number of halogens is 4. The van der Waals surface area contributed by atoms with Crippen LogP contribution < -0.4 is 15.0 Å². The molecule has 224 valence electrons. The summed E-state index contributed by atoms with van der Waals surface area (Å²) in [6.45, 7) is 1.52. The summed E-state index contributed by atoms with van der Waals surface area (Å²) in [6.07, 6.45) is -4.20. The maximum atomic E-state index is 12.7. The molecule has 0 aliphatic carbocycles. The Morgan fingerprint density at radius 3 is 2.20 bits per heavy atom. The summed E-state index contributed by atoms with van der Waals surface area (Å²) in [6, 6.07) is 11.3. The number of carbonyl (C=O) groups is 3. The number of ether oxygens (including phenoxy) is 1. The second-order valence-corrected chi connectivity index (χ2v) is 9.89. The molecule has 2 atom stereocenters. The molecule has 11 nitrogen and oxygen atoms in total. The zero-order valence-corrected chi connectivity index (χ0v) is 22.3. The third-order valence-corrected chi connectivity index (χ3v) is 6.74. The van der Waals surface area contributed by atoms with E-state index in [1.165, 1.54) is 18.2 Å². The Morgan fingerprint density at radius 2 is 1.63 bits per heavy atom. The molecular weight excluding hydrogens is 575 g/mol. The summed E-state index contributed by atoms with van der Waals surface area (Å²) in [5.41, 5.74) is 1.15. The van der Waals surface area contributed by atoms with Gasteiger partial charge in [0.25, 0.3) is 5.91 Å². The fourth-order valence-electron chi connectivity index (χ4n) is 4.49. The number of hydrogen-bond donors (Lipinski definition) is 5. The highest BCUT2D eigenvalue weighted by molar-refractivity contribution is 6.30. The maximum absolute atomic E-state index is 12.7. The minimum Gasteiger partial charge on any atom is -0.508 e. The van der Waals surface area contributed by atoms with Crippen LogP contribution in [0, 0.1) is 0 Å². The predicted octanol–water partition coefficient (Wildman–Crippen LogP) is 2.59. The van der Waals surface area contributed by atoms with Crippen molar-refractivity contribution in [3.8, 4) is 11.5 Å². The van der Waals surface area contributed by atoms with Crippen LogP contribution in [0.3, 0.4) is 0 Å². The first-order chi connectivity index (χ1) is 19.2. The number of carbonyl (C=O) groups excluding carboxylic acids is 1. The molecule has 41 heavy (non-hydrogen) atoms. The first kappa shape index (κ1) is 31.8. The molecule has 0 saturated carbocycles. The van der Waals surface area contributed by atoms with Crippen molar-refractivity contribution in [1.82, 2.24) is 10.2 Å². The maximum Gasteiger partial charge on any atom is 0.490 e. The Labute approximate surface area is 237 Å². The highest BCUT2D eigenvalue weighted by Crippen LogP contribution is 2.34. The number of hydrogen-bond acceptors (Lipinski definition) is 8. The normalized spacial score (nSPS) is 19.3. The number of phenols is 1. The quantitative estimate of drug-likeness (QED) is 0.318. The van der Waals surface area contributed by atoms with E-state index in [9.17, 15) is 33.0 Å². The van der Waals surface area contributed by atoms with Crippen molar-refractivity contribution in [3.63, 3.8) is 0 Å². The van der Waals surface area contributed by atoms with E-state index in [1.807, 2.05) is 9.80 Å². The van der Waals surface area contributed by atoms with E-state index in [1.54, 1.807) is 24.3 Å². The number of β-amino-alcohol motifs (C(OH)–C–C–N with tert-alkyl or cyclic N) is 1. The second-order valence-electron chi connectivity index (χ2n) is 9.46. The first-order valence-corrected chi connectivity index (χ1v) is 12.8. The van der Waals surface area contributed by atoms with Gasteiger partial charge < -0.3 is 40.3 Å². The molecule has 2 aromatic carbocycles. The van der Waals surface area contributed by atoms with Gasteiger partial charge in [0.1, 0.15) is 11.5 Å². The molecule has 2 aliphatic rings. The van der Waals surface area contributed by atoms with E-state index in [-0.39, 0.29) is 23.7 Å². The number of aromatic hydroxyl groups is 1. The molecule has 2 saturated heterocycles. The number of likely N-dealkylation sites (tertiary alicyclic amines) is 1. The standard InChI is InChI=1S/C24H28ClN3O6.C2HF3O2/c25-16-3-1-15(2-4-16)24(33)27-9-7-17(8-10-27)26-19-12-28(13-21(19)30)20-11-18(29)5-6-22(20)34-14-23(31)32;3-2(4,5)1(6)7/h1-6,11,17,19,21,26,29-30H,7-10,12-14H2,(H,31,32);(H,6,7)/t19-,21-;/m0./s1. The van der Waals surface area contributed by atoms with Crippen molar-refractivity contribution < 1.29 is 52.7 Å². The number of nitrogens with zero attached hydrogens (tertiary/aromatic N) is 2. The van der Waals surface area contributed by atoms with Crippen molar-refractivity contribution in [2.75, 3.05) is 37.7 Å². The number of carboxylic acid groups (broad SMARTS) is 2. The van der Waals surface area contributed by atoms with Crippen LogP contribution in [0.25, 0.3) is 0 Å². The van der Waals surface area contributed by atoms with Crippen LogP contribution in [0.1, 0.15) is 23.2 Å². The lowest BCUT2D eigenvalue weighted by atomic mass is 10.0. The fraction of sp³-hybridized carbons (Fsp3) is 0.423. The topological polar surface area (TPSA) is 160 Å². The van der Waals surface area contributed by atoms with E-state index in [2.05, 4.69) is 5.32 Å². The summed E-state index contributed by atoms with van der Waals surface area (Å²) < 4.78 is 37.1. The molecule has 0 aromatic heterocycles. The average Bonchev–Trinajstić information content (AvgIpc) is 3.27. The van der Waals surface area contributed by atoms with Gasteiger partial charge in [0, 0.05) is 48.9 Å². The van der Waals surface area contributed by atoms with Crippen LogP contribution in [0.2, 0.25) is 5.02 Å². The number of piperidine rings is 1. The Bertz CT molecular complexity index is 1220.